The molecule has 5 aromatic rings. The SMILES string of the molecule is CN(C(=O)C(N1C(=O)COc2ccc(OC(F)(F)F)cc21)N(C)C(CN1CCCC1)c1ccc(-c2ccccc2)cc1)C(CN1CCCC1)c1ccc(-c2ccccc2)cc1. The average molecular weight is 832 g/mol. The number of carbonyl (C=O) groups excluding carboxylic acids is 2. The number of benzene rings is 5. The van der Waals surface area contributed by atoms with E-state index in [1.807, 2.05) is 48.3 Å². The second kappa shape index (κ2) is 18.5. The van der Waals surface area contributed by atoms with Gasteiger partial charge >= 0.3 is 6.36 Å². The summed E-state index contributed by atoms with van der Waals surface area (Å²) in [7, 11) is 3.61. The third-order valence-electron chi connectivity index (χ3n) is 12.3. The van der Waals surface area contributed by atoms with Crippen molar-refractivity contribution in [2.45, 2.75) is 50.3 Å². The van der Waals surface area contributed by atoms with Crippen LogP contribution in [-0.4, -0.2) is 104 Å². The number of rotatable bonds is 14. The van der Waals surface area contributed by atoms with Gasteiger partial charge in [-0.05, 0) is 104 Å². The smallest absolute Gasteiger partial charge is 0.482 e. The lowest BCUT2D eigenvalue weighted by molar-refractivity contribution is -0.274. The van der Waals surface area contributed by atoms with Gasteiger partial charge in [-0.15, -0.1) is 13.2 Å². The molecule has 0 N–H and O–H groups in total. The van der Waals surface area contributed by atoms with Gasteiger partial charge in [0, 0.05) is 32.2 Å². The molecular weight excluding hydrogens is 780 g/mol. The number of carbonyl (C=O) groups is 2. The van der Waals surface area contributed by atoms with Crippen molar-refractivity contribution in [1.82, 2.24) is 19.6 Å². The lowest BCUT2D eigenvalue weighted by atomic mass is 9.98. The Hall–Kier alpha value is -5.69. The van der Waals surface area contributed by atoms with E-state index in [9.17, 15) is 18.0 Å². The Bertz CT molecular complexity index is 2250. The van der Waals surface area contributed by atoms with Crippen LogP contribution in [0, 0.1) is 0 Å². The molecule has 12 heteroatoms. The number of anilines is 1. The lowest BCUT2D eigenvalue weighted by Crippen LogP contribution is -2.62. The van der Waals surface area contributed by atoms with Crippen LogP contribution in [0.1, 0.15) is 48.9 Å². The van der Waals surface area contributed by atoms with Gasteiger partial charge in [-0.1, -0.05) is 109 Å². The molecule has 0 spiro atoms. The molecule has 9 nitrogen and oxygen atoms in total. The van der Waals surface area contributed by atoms with Crippen molar-refractivity contribution in [3.8, 4) is 33.8 Å². The zero-order valence-corrected chi connectivity index (χ0v) is 34.6. The number of nitrogens with zero attached hydrogens (tertiary/aromatic N) is 5. The van der Waals surface area contributed by atoms with E-state index < -0.39 is 42.9 Å². The molecule has 0 saturated carbocycles. The fourth-order valence-electron chi connectivity index (χ4n) is 8.99. The molecule has 0 bridgehead atoms. The second-order valence-electron chi connectivity index (χ2n) is 16.2. The van der Waals surface area contributed by atoms with Gasteiger partial charge < -0.3 is 24.2 Å². The van der Waals surface area contributed by atoms with Crippen molar-refractivity contribution in [2.75, 3.05) is 64.9 Å². The van der Waals surface area contributed by atoms with E-state index in [2.05, 4.69) is 87.3 Å². The first-order chi connectivity index (χ1) is 29.5. The van der Waals surface area contributed by atoms with Crippen molar-refractivity contribution < 1.29 is 32.2 Å². The van der Waals surface area contributed by atoms with E-state index in [0.717, 1.165) is 97.4 Å². The van der Waals surface area contributed by atoms with Crippen LogP contribution in [-0.2, 0) is 9.59 Å². The van der Waals surface area contributed by atoms with Crippen molar-refractivity contribution in [3.63, 3.8) is 0 Å². The summed E-state index contributed by atoms with van der Waals surface area (Å²) in [5.41, 5.74) is 6.14. The van der Waals surface area contributed by atoms with Gasteiger partial charge in [-0.25, -0.2) is 0 Å². The van der Waals surface area contributed by atoms with Crippen molar-refractivity contribution in [1.29, 1.82) is 0 Å². The number of alkyl halides is 3. The molecule has 8 rings (SSSR count). The van der Waals surface area contributed by atoms with Crippen molar-refractivity contribution >= 4 is 17.5 Å². The molecule has 2 fully saturated rings. The predicted molar refractivity (Wildman–Crippen MR) is 231 cm³/mol. The third-order valence-corrected chi connectivity index (χ3v) is 12.3. The number of halogens is 3. The quantitative estimate of drug-likeness (QED) is 0.111. The molecule has 0 aromatic heterocycles. The molecule has 318 valence electrons. The van der Waals surface area contributed by atoms with Crippen LogP contribution < -0.4 is 14.4 Å². The van der Waals surface area contributed by atoms with Gasteiger partial charge in [0.1, 0.15) is 11.5 Å². The largest absolute Gasteiger partial charge is 0.573 e. The lowest BCUT2D eigenvalue weighted by Gasteiger charge is -2.45. The number of fused-ring (bicyclic) bond motifs is 1. The highest BCUT2D eigenvalue weighted by Crippen LogP contribution is 2.41. The van der Waals surface area contributed by atoms with E-state index in [4.69, 9.17) is 4.74 Å². The summed E-state index contributed by atoms with van der Waals surface area (Å²) in [5.74, 6) is -1.28. The summed E-state index contributed by atoms with van der Waals surface area (Å²) in [5, 5.41) is 0. The molecule has 3 atom stereocenters. The summed E-state index contributed by atoms with van der Waals surface area (Å²) < 4.78 is 51.0. The van der Waals surface area contributed by atoms with E-state index in [1.165, 1.54) is 11.0 Å². The fourth-order valence-corrected chi connectivity index (χ4v) is 8.99. The van der Waals surface area contributed by atoms with Crippen LogP contribution in [0.3, 0.4) is 0 Å². The Kier molecular flexibility index (Phi) is 12.8. The minimum atomic E-state index is -4.98. The number of hydrogen-bond donors (Lipinski definition) is 0. The first-order valence-electron chi connectivity index (χ1n) is 21.1. The number of likely N-dealkylation sites (tertiary alicyclic amines) is 2. The number of hydrogen-bond acceptors (Lipinski definition) is 7. The maximum Gasteiger partial charge on any atom is 0.573 e. The van der Waals surface area contributed by atoms with Gasteiger partial charge in [-0.2, -0.15) is 0 Å². The van der Waals surface area contributed by atoms with Gasteiger partial charge in [-0.3, -0.25) is 19.4 Å². The van der Waals surface area contributed by atoms with Crippen molar-refractivity contribution in [2.24, 2.45) is 0 Å². The maximum absolute atomic E-state index is 15.7. The summed E-state index contributed by atoms with van der Waals surface area (Å²) in [6.45, 7) is 4.32. The number of amides is 2. The topological polar surface area (TPSA) is 68.8 Å². The summed E-state index contributed by atoms with van der Waals surface area (Å²) in [4.78, 5) is 39.8. The van der Waals surface area contributed by atoms with Crippen LogP contribution in [0.4, 0.5) is 18.9 Å². The van der Waals surface area contributed by atoms with E-state index in [1.54, 1.807) is 11.9 Å². The van der Waals surface area contributed by atoms with Gasteiger partial charge in [0.15, 0.2) is 12.8 Å². The Labute approximate surface area is 355 Å². The number of likely N-dealkylation sites (N-methyl/N-ethyl adjacent to an activating group) is 2. The highest BCUT2D eigenvalue weighted by molar-refractivity contribution is 6.04. The monoisotopic (exact) mass is 831 g/mol. The summed E-state index contributed by atoms with van der Waals surface area (Å²) >= 11 is 0. The van der Waals surface area contributed by atoms with E-state index in [0.29, 0.717) is 13.1 Å². The molecular formula is C49H52F3N5O4. The maximum atomic E-state index is 15.7. The molecule has 2 amide bonds. The standard InChI is InChI=1S/C49H52F3N5O4/c1-53(43(32-55-27-9-10-28-55)39-21-17-37(18-22-39)35-13-5-3-6-14-35)47(57-42-31-41(61-49(50,51)52)25-26-45(42)60-34-46(57)58)48(59)54(2)44(33-56-29-11-12-30-56)40-23-19-38(20-24-40)36-15-7-4-8-16-36/h3-8,13-26,31,43-44,47H,9-12,27-30,32-34H2,1-2H3. The Morgan fingerprint density at radius 1 is 0.672 bits per heavy atom. The molecule has 61 heavy (non-hydrogen) atoms. The van der Waals surface area contributed by atoms with Crippen molar-refractivity contribution in [3.05, 3.63) is 139 Å². The Morgan fingerprint density at radius 2 is 1.15 bits per heavy atom. The first-order valence-corrected chi connectivity index (χ1v) is 21.1. The van der Waals surface area contributed by atoms with Gasteiger partial charge in [0.2, 0.25) is 0 Å². The molecule has 3 heterocycles. The van der Waals surface area contributed by atoms with Crippen LogP contribution >= 0.6 is 0 Å². The molecule has 0 radical (unpaired) electrons. The van der Waals surface area contributed by atoms with Crippen LogP contribution in [0.15, 0.2) is 127 Å². The predicted octanol–water partition coefficient (Wildman–Crippen LogP) is 9.04. The molecule has 0 aliphatic carbocycles. The fraction of sp³-hybridized carbons (Fsp3) is 0.347. The minimum Gasteiger partial charge on any atom is -0.482 e. The van der Waals surface area contributed by atoms with E-state index in [-0.39, 0.29) is 17.3 Å². The highest BCUT2D eigenvalue weighted by Gasteiger charge is 2.44. The summed E-state index contributed by atoms with van der Waals surface area (Å²) in [6, 6.07) is 39.6. The van der Waals surface area contributed by atoms with E-state index >= 15 is 4.79 Å². The normalized spacial score (nSPS) is 17.5. The Balaban J connectivity index is 1.22. The average Bonchev–Trinajstić information content (AvgIpc) is 4.01. The summed E-state index contributed by atoms with van der Waals surface area (Å²) in [6.07, 6.45) is -2.04. The van der Waals surface area contributed by atoms with Crippen LogP contribution in [0.25, 0.3) is 22.3 Å². The van der Waals surface area contributed by atoms with Gasteiger partial charge in [0.05, 0.1) is 11.7 Å². The van der Waals surface area contributed by atoms with Crippen LogP contribution in [0.5, 0.6) is 11.5 Å². The Morgan fingerprint density at radius 3 is 1.66 bits per heavy atom. The third kappa shape index (κ3) is 9.77. The second-order valence-corrected chi connectivity index (χ2v) is 16.2. The zero-order valence-electron chi connectivity index (χ0n) is 34.6. The van der Waals surface area contributed by atoms with Crippen LogP contribution in [0.2, 0.25) is 0 Å². The molecule has 2 saturated heterocycles. The molecule has 3 aliphatic heterocycles. The first kappa shape index (κ1) is 42.0. The minimum absolute atomic E-state index is 0.0271. The van der Waals surface area contributed by atoms with Gasteiger partial charge in [0.25, 0.3) is 11.8 Å². The zero-order chi connectivity index (χ0) is 42.5. The molecule has 3 aliphatic rings. The number of ether oxygens (including phenoxy) is 2. The highest BCUT2D eigenvalue weighted by atomic mass is 19.4. The molecule has 5 aromatic carbocycles. The molecule has 3 unspecified atom stereocenters.